The van der Waals surface area contributed by atoms with Crippen LogP contribution in [-0.4, -0.2) is 46.2 Å². The van der Waals surface area contributed by atoms with Crippen molar-refractivity contribution in [1.29, 1.82) is 0 Å². The van der Waals surface area contributed by atoms with Crippen LogP contribution >= 0.6 is 0 Å². The zero-order chi connectivity index (χ0) is 23.8. The van der Waals surface area contributed by atoms with Crippen LogP contribution in [0.5, 0.6) is 11.5 Å². The van der Waals surface area contributed by atoms with Gasteiger partial charge in [0.2, 0.25) is 0 Å². The molecule has 2 N–H and O–H groups in total. The lowest BCUT2D eigenvalue weighted by Gasteiger charge is -2.28. The van der Waals surface area contributed by atoms with E-state index in [0.717, 1.165) is 33.4 Å². The highest BCUT2D eigenvalue weighted by Gasteiger charge is 2.46. The van der Waals surface area contributed by atoms with Crippen LogP contribution in [0.25, 0.3) is 12.2 Å². The predicted molar refractivity (Wildman–Crippen MR) is 128 cm³/mol. The van der Waals surface area contributed by atoms with E-state index in [4.69, 9.17) is 18.9 Å². The molecule has 2 saturated heterocycles. The van der Waals surface area contributed by atoms with Crippen molar-refractivity contribution in [3.05, 3.63) is 57.6 Å². The molecule has 0 bridgehead atoms. The molecule has 4 aliphatic rings. The minimum Gasteiger partial charge on any atom is -0.508 e. The summed E-state index contributed by atoms with van der Waals surface area (Å²) in [5, 5.41) is 21.1. The first-order chi connectivity index (χ1) is 16.1. The minimum absolute atomic E-state index is 0.0160. The van der Waals surface area contributed by atoms with Gasteiger partial charge in [-0.3, -0.25) is 0 Å². The minimum atomic E-state index is -0.605. The molecule has 6 rings (SSSR count). The molecular formula is C28H32O6. The summed E-state index contributed by atoms with van der Waals surface area (Å²) in [4.78, 5) is 0. The van der Waals surface area contributed by atoms with Gasteiger partial charge in [0.25, 0.3) is 0 Å². The number of phenolic OH excluding ortho intramolecular Hbond substituents is 2. The lowest BCUT2D eigenvalue weighted by atomic mass is 9.83. The fraction of sp³-hybridized carbons (Fsp3) is 0.500. The quantitative estimate of drug-likeness (QED) is 0.637. The Morgan fingerprint density at radius 1 is 0.588 bits per heavy atom. The van der Waals surface area contributed by atoms with Crippen molar-refractivity contribution in [3.8, 4) is 11.5 Å². The van der Waals surface area contributed by atoms with Crippen LogP contribution < -0.4 is 0 Å². The zero-order valence-electron chi connectivity index (χ0n) is 20.1. The number of hydrogen-bond donors (Lipinski definition) is 2. The molecule has 0 saturated carbocycles. The van der Waals surface area contributed by atoms with Crippen molar-refractivity contribution >= 4 is 12.2 Å². The molecule has 0 radical (unpaired) electrons. The molecule has 0 spiro atoms. The van der Waals surface area contributed by atoms with E-state index in [2.05, 4.69) is 12.2 Å². The Morgan fingerprint density at radius 3 is 1.26 bits per heavy atom. The van der Waals surface area contributed by atoms with Crippen LogP contribution in [0.2, 0.25) is 0 Å². The normalized spacial score (nSPS) is 30.6. The fourth-order valence-corrected chi connectivity index (χ4v) is 6.14. The third kappa shape index (κ3) is 3.73. The van der Waals surface area contributed by atoms with Gasteiger partial charge in [-0.1, -0.05) is 24.3 Å². The Balaban J connectivity index is 1.32. The smallest absolute Gasteiger partial charge is 0.163 e. The molecule has 0 unspecified atom stereocenters. The molecular weight excluding hydrogens is 432 g/mol. The van der Waals surface area contributed by atoms with E-state index in [1.165, 1.54) is 0 Å². The van der Waals surface area contributed by atoms with E-state index in [-0.39, 0.29) is 24.4 Å². The number of ether oxygens (including phenoxy) is 4. The van der Waals surface area contributed by atoms with Crippen molar-refractivity contribution in [1.82, 2.24) is 0 Å². The highest BCUT2D eigenvalue weighted by atomic mass is 16.8. The first kappa shape index (κ1) is 22.1. The van der Waals surface area contributed by atoms with Gasteiger partial charge in [0, 0.05) is 36.8 Å². The Morgan fingerprint density at radius 2 is 0.912 bits per heavy atom. The Hall–Kier alpha value is -2.38. The molecule has 34 heavy (non-hydrogen) atoms. The van der Waals surface area contributed by atoms with Gasteiger partial charge in [-0.25, -0.2) is 0 Å². The maximum atomic E-state index is 10.6. The summed E-state index contributed by atoms with van der Waals surface area (Å²) >= 11 is 0. The molecule has 0 aromatic heterocycles. The van der Waals surface area contributed by atoms with Crippen molar-refractivity contribution in [2.45, 2.75) is 89.4 Å². The van der Waals surface area contributed by atoms with Crippen molar-refractivity contribution in [2.24, 2.45) is 0 Å². The second-order valence-corrected chi connectivity index (χ2v) is 10.8. The number of fused-ring (bicyclic) bond motifs is 4. The molecule has 6 nitrogen and oxygen atoms in total. The molecule has 180 valence electrons. The summed E-state index contributed by atoms with van der Waals surface area (Å²) in [6.45, 7) is 7.76. The molecule has 2 fully saturated rings. The average Bonchev–Trinajstić information content (AvgIpc) is 3.23. The van der Waals surface area contributed by atoms with Gasteiger partial charge in [-0.15, -0.1) is 0 Å². The molecule has 2 heterocycles. The summed E-state index contributed by atoms with van der Waals surface area (Å²) in [7, 11) is 0. The highest BCUT2D eigenvalue weighted by Crippen LogP contribution is 2.42. The van der Waals surface area contributed by atoms with Gasteiger partial charge in [0.1, 0.15) is 11.5 Å². The van der Waals surface area contributed by atoms with Crippen molar-refractivity contribution in [3.63, 3.8) is 0 Å². The lowest BCUT2D eigenvalue weighted by Crippen LogP contribution is -2.32. The number of hydrogen-bond acceptors (Lipinski definition) is 6. The van der Waals surface area contributed by atoms with Crippen LogP contribution in [-0.2, 0) is 44.6 Å². The second-order valence-electron chi connectivity index (χ2n) is 10.8. The molecule has 6 heteroatoms. The van der Waals surface area contributed by atoms with Crippen LogP contribution in [0.1, 0.15) is 61.1 Å². The zero-order valence-corrected chi connectivity index (χ0v) is 20.1. The van der Waals surface area contributed by atoms with Crippen LogP contribution in [0.15, 0.2) is 24.3 Å². The molecule has 2 aromatic carbocycles. The summed E-state index contributed by atoms with van der Waals surface area (Å²) in [5.41, 5.74) is 6.24. The number of rotatable bonds is 2. The average molecular weight is 465 g/mol. The number of phenols is 2. The van der Waals surface area contributed by atoms with Crippen LogP contribution in [0.3, 0.4) is 0 Å². The van der Waals surface area contributed by atoms with Crippen molar-refractivity contribution < 1.29 is 29.2 Å². The highest BCUT2D eigenvalue weighted by molar-refractivity contribution is 5.75. The third-order valence-corrected chi connectivity index (χ3v) is 7.52. The fourth-order valence-electron chi connectivity index (χ4n) is 6.14. The van der Waals surface area contributed by atoms with Crippen molar-refractivity contribution in [2.75, 3.05) is 0 Å². The summed E-state index contributed by atoms with van der Waals surface area (Å²) in [6.07, 6.45) is 6.79. The molecule has 0 amide bonds. The monoisotopic (exact) mass is 464 g/mol. The Kier molecular flexibility index (Phi) is 4.91. The molecule has 2 aliphatic carbocycles. The Bertz CT molecular complexity index is 1090. The van der Waals surface area contributed by atoms with E-state index < -0.39 is 11.6 Å². The van der Waals surface area contributed by atoms with E-state index >= 15 is 0 Å². The molecule has 2 aromatic rings. The molecule has 2 aliphatic heterocycles. The van der Waals surface area contributed by atoms with Gasteiger partial charge >= 0.3 is 0 Å². The lowest BCUT2D eigenvalue weighted by molar-refractivity contribution is -0.145. The maximum absolute atomic E-state index is 10.6. The maximum Gasteiger partial charge on any atom is 0.163 e. The SMILES string of the molecule is CC1(C)O[C@H]2Cc3c(O)ccc(/C=C/c4ccc(O)c5c4C[C@H]4OC(C)(C)O[C@H]4C5)c3C[C@H]2O1. The standard InChI is InChI=1S/C28H32O6/c1-27(2)31-23-11-17-15(7-9-21(29)19(17)13-25(23)33-27)5-6-16-8-10-22(30)20-14-26-24(12-18(16)20)32-28(3,4)34-26/h5-10,23-26,29-30H,11-14H2,1-4H3/b6-5+/t23-,24-,25+,26+/m1/s1. The van der Waals surface area contributed by atoms with Gasteiger partial charge in [-0.2, -0.15) is 0 Å². The summed E-state index contributed by atoms with van der Waals surface area (Å²) in [5.74, 6) is -0.583. The van der Waals surface area contributed by atoms with E-state index in [1.54, 1.807) is 12.1 Å². The second kappa shape index (κ2) is 7.56. The first-order valence-corrected chi connectivity index (χ1v) is 12.2. The summed E-state index contributed by atoms with van der Waals surface area (Å²) < 4.78 is 24.4. The summed E-state index contributed by atoms with van der Waals surface area (Å²) in [6, 6.07) is 7.46. The van der Waals surface area contributed by atoms with Gasteiger partial charge in [0.15, 0.2) is 11.6 Å². The van der Waals surface area contributed by atoms with Gasteiger partial charge in [0.05, 0.1) is 24.4 Å². The Labute approximate surface area is 200 Å². The number of benzene rings is 2. The van der Waals surface area contributed by atoms with E-state index in [0.29, 0.717) is 37.2 Å². The number of aromatic hydroxyl groups is 2. The van der Waals surface area contributed by atoms with Gasteiger partial charge in [-0.05, 0) is 62.1 Å². The molecule has 4 atom stereocenters. The third-order valence-electron chi connectivity index (χ3n) is 7.52. The topological polar surface area (TPSA) is 77.4 Å². The predicted octanol–water partition coefficient (Wildman–Crippen LogP) is 4.51. The first-order valence-electron chi connectivity index (χ1n) is 12.2. The van der Waals surface area contributed by atoms with Gasteiger partial charge < -0.3 is 29.2 Å². The van der Waals surface area contributed by atoms with E-state index in [1.807, 2.05) is 39.8 Å². The van der Waals surface area contributed by atoms with E-state index in [9.17, 15) is 10.2 Å². The largest absolute Gasteiger partial charge is 0.508 e. The van der Waals surface area contributed by atoms with Crippen LogP contribution in [0, 0.1) is 0 Å². The van der Waals surface area contributed by atoms with Crippen LogP contribution in [0.4, 0.5) is 0 Å².